The lowest BCUT2D eigenvalue weighted by molar-refractivity contribution is 0.0778. The summed E-state index contributed by atoms with van der Waals surface area (Å²) in [6, 6.07) is 14.9. The maximum atomic E-state index is 10.5. The average Bonchev–Trinajstić information content (AvgIpc) is 3.06. The van der Waals surface area contributed by atoms with Gasteiger partial charge in [-0.2, -0.15) is 11.8 Å². The molecule has 0 aliphatic carbocycles. The molecule has 0 spiro atoms. The third-order valence-electron chi connectivity index (χ3n) is 4.60. The molecule has 3 rings (SSSR count). The standard InChI is InChI=1S/C20H27N3OS/c1-3-21-19(22-13-20(24)11-12-25-14-20)23-15(2)17-10-6-8-16-7-4-5-9-18(16)17/h4-10,15,24H,3,11-14H2,1-2H3,(H2,21,22,23). The SMILES string of the molecule is CCNC(=NCC1(O)CCSC1)NC(C)c1cccc2ccccc12. The summed E-state index contributed by atoms with van der Waals surface area (Å²) < 4.78 is 0. The maximum absolute atomic E-state index is 10.5. The Morgan fingerprint density at radius 2 is 2.08 bits per heavy atom. The largest absolute Gasteiger partial charge is 0.387 e. The van der Waals surface area contributed by atoms with E-state index in [4.69, 9.17) is 0 Å². The minimum atomic E-state index is -0.657. The van der Waals surface area contributed by atoms with Gasteiger partial charge in [-0.05, 0) is 42.4 Å². The molecule has 1 aliphatic heterocycles. The van der Waals surface area contributed by atoms with E-state index in [9.17, 15) is 5.11 Å². The molecule has 5 heteroatoms. The highest BCUT2D eigenvalue weighted by atomic mass is 32.2. The smallest absolute Gasteiger partial charge is 0.191 e. The molecular weight excluding hydrogens is 330 g/mol. The number of guanidine groups is 1. The molecule has 2 atom stereocenters. The molecule has 2 aromatic rings. The van der Waals surface area contributed by atoms with Crippen LogP contribution in [0.15, 0.2) is 47.5 Å². The van der Waals surface area contributed by atoms with Gasteiger partial charge < -0.3 is 15.7 Å². The van der Waals surface area contributed by atoms with Crippen molar-refractivity contribution in [1.82, 2.24) is 10.6 Å². The van der Waals surface area contributed by atoms with Gasteiger partial charge in [-0.15, -0.1) is 0 Å². The van der Waals surface area contributed by atoms with Crippen LogP contribution in [0.1, 0.15) is 31.9 Å². The molecular formula is C20H27N3OS. The summed E-state index contributed by atoms with van der Waals surface area (Å²) in [5, 5.41) is 19.8. The highest BCUT2D eigenvalue weighted by Gasteiger charge is 2.31. The van der Waals surface area contributed by atoms with Crippen LogP contribution in [0.3, 0.4) is 0 Å². The lowest BCUT2D eigenvalue weighted by atomic mass is 10.00. The van der Waals surface area contributed by atoms with Crippen LogP contribution in [0.2, 0.25) is 0 Å². The first-order chi connectivity index (χ1) is 12.1. The number of aliphatic hydroxyl groups is 1. The second kappa shape index (κ2) is 8.11. The minimum Gasteiger partial charge on any atom is -0.387 e. The second-order valence-corrected chi connectivity index (χ2v) is 7.76. The van der Waals surface area contributed by atoms with E-state index in [2.05, 4.69) is 71.9 Å². The number of thioether (sulfide) groups is 1. The van der Waals surface area contributed by atoms with Gasteiger partial charge in [0.25, 0.3) is 0 Å². The summed E-state index contributed by atoms with van der Waals surface area (Å²) >= 11 is 1.80. The molecule has 3 N–H and O–H groups in total. The number of aliphatic imine (C=N–C) groups is 1. The Morgan fingerprint density at radius 1 is 1.28 bits per heavy atom. The van der Waals surface area contributed by atoms with Crippen LogP contribution >= 0.6 is 11.8 Å². The summed E-state index contributed by atoms with van der Waals surface area (Å²) in [4.78, 5) is 4.64. The number of nitrogens with zero attached hydrogens (tertiary/aromatic N) is 1. The topological polar surface area (TPSA) is 56.7 Å². The molecule has 1 heterocycles. The number of nitrogens with one attached hydrogen (secondary N) is 2. The number of benzene rings is 2. The summed E-state index contributed by atoms with van der Waals surface area (Å²) in [5.41, 5.74) is 0.592. The Morgan fingerprint density at radius 3 is 2.84 bits per heavy atom. The van der Waals surface area contributed by atoms with Gasteiger partial charge in [-0.3, -0.25) is 4.99 Å². The van der Waals surface area contributed by atoms with E-state index in [0.717, 1.165) is 30.4 Å². The van der Waals surface area contributed by atoms with Gasteiger partial charge in [0.1, 0.15) is 0 Å². The van der Waals surface area contributed by atoms with Gasteiger partial charge >= 0.3 is 0 Å². The van der Waals surface area contributed by atoms with Gasteiger partial charge in [-0.1, -0.05) is 42.5 Å². The fraction of sp³-hybridized carbons (Fsp3) is 0.450. The quantitative estimate of drug-likeness (QED) is 0.567. The Bertz CT molecular complexity index is 735. The Labute approximate surface area is 154 Å². The second-order valence-electron chi connectivity index (χ2n) is 6.66. The Kier molecular flexibility index (Phi) is 5.86. The van der Waals surface area contributed by atoms with Crippen molar-refractivity contribution in [3.63, 3.8) is 0 Å². The van der Waals surface area contributed by atoms with E-state index in [0.29, 0.717) is 6.54 Å². The first-order valence-electron chi connectivity index (χ1n) is 8.94. The van der Waals surface area contributed by atoms with Gasteiger partial charge in [0, 0.05) is 12.3 Å². The van der Waals surface area contributed by atoms with Gasteiger partial charge in [-0.25, -0.2) is 0 Å². The van der Waals surface area contributed by atoms with Gasteiger partial charge in [0.05, 0.1) is 18.2 Å². The first kappa shape index (κ1) is 18.1. The molecule has 4 nitrogen and oxygen atoms in total. The number of hydrogen-bond acceptors (Lipinski definition) is 3. The molecule has 0 bridgehead atoms. The molecule has 1 fully saturated rings. The number of hydrogen-bond donors (Lipinski definition) is 3. The zero-order valence-corrected chi connectivity index (χ0v) is 15.8. The van der Waals surface area contributed by atoms with Crippen LogP contribution in [0.25, 0.3) is 10.8 Å². The Hall–Kier alpha value is -1.72. The molecule has 0 radical (unpaired) electrons. The van der Waals surface area contributed by atoms with Gasteiger partial charge in [0.15, 0.2) is 5.96 Å². The zero-order valence-electron chi connectivity index (χ0n) is 15.0. The third kappa shape index (κ3) is 4.47. The lowest BCUT2D eigenvalue weighted by Crippen LogP contribution is -2.41. The van der Waals surface area contributed by atoms with E-state index >= 15 is 0 Å². The molecule has 25 heavy (non-hydrogen) atoms. The van der Waals surface area contributed by atoms with Gasteiger partial charge in [0.2, 0.25) is 0 Å². The van der Waals surface area contributed by atoms with Crippen LogP contribution in [0, 0.1) is 0 Å². The number of fused-ring (bicyclic) bond motifs is 1. The fourth-order valence-electron chi connectivity index (χ4n) is 3.18. The third-order valence-corrected chi connectivity index (χ3v) is 5.84. The highest BCUT2D eigenvalue weighted by Crippen LogP contribution is 2.28. The average molecular weight is 358 g/mol. The van der Waals surface area contributed by atoms with Crippen molar-refractivity contribution in [3.05, 3.63) is 48.0 Å². The van der Waals surface area contributed by atoms with E-state index < -0.39 is 5.60 Å². The molecule has 0 aromatic heterocycles. The predicted molar refractivity (Wildman–Crippen MR) is 108 cm³/mol. The predicted octanol–water partition coefficient (Wildman–Crippen LogP) is 3.32. The monoisotopic (exact) mass is 357 g/mol. The summed E-state index contributed by atoms with van der Waals surface area (Å²) in [5.74, 6) is 2.55. The van der Waals surface area contributed by atoms with Crippen molar-refractivity contribution in [3.8, 4) is 0 Å². The van der Waals surface area contributed by atoms with Crippen LogP contribution in [-0.2, 0) is 0 Å². The fourth-order valence-corrected chi connectivity index (χ4v) is 4.46. The summed E-state index contributed by atoms with van der Waals surface area (Å²) in [6.07, 6.45) is 0.819. The van der Waals surface area contributed by atoms with Crippen LogP contribution < -0.4 is 10.6 Å². The molecule has 0 amide bonds. The van der Waals surface area contributed by atoms with Crippen LogP contribution in [0.4, 0.5) is 0 Å². The normalized spacial score (nSPS) is 22.1. The van der Waals surface area contributed by atoms with Crippen LogP contribution in [-0.4, -0.2) is 41.3 Å². The van der Waals surface area contributed by atoms with Crippen molar-refractivity contribution >= 4 is 28.5 Å². The summed E-state index contributed by atoms with van der Waals surface area (Å²) in [6.45, 7) is 5.44. The zero-order chi connectivity index (χ0) is 17.7. The molecule has 1 saturated heterocycles. The molecule has 134 valence electrons. The Balaban J connectivity index is 1.76. The molecule has 2 unspecified atom stereocenters. The number of rotatable bonds is 5. The van der Waals surface area contributed by atoms with E-state index in [1.54, 1.807) is 11.8 Å². The minimum absolute atomic E-state index is 0.122. The van der Waals surface area contributed by atoms with Crippen molar-refractivity contribution in [2.45, 2.75) is 31.9 Å². The summed E-state index contributed by atoms with van der Waals surface area (Å²) in [7, 11) is 0. The van der Waals surface area contributed by atoms with E-state index in [-0.39, 0.29) is 6.04 Å². The van der Waals surface area contributed by atoms with Crippen molar-refractivity contribution in [1.29, 1.82) is 0 Å². The van der Waals surface area contributed by atoms with E-state index in [1.807, 2.05) is 0 Å². The highest BCUT2D eigenvalue weighted by molar-refractivity contribution is 7.99. The van der Waals surface area contributed by atoms with Crippen molar-refractivity contribution < 1.29 is 5.11 Å². The van der Waals surface area contributed by atoms with E-state index in [1.165, 1.54) is 16.3 Å². The molecule has 0 saturated carbocycles. The first-order valence-corrected chi connectivity index (χ1v) is 10.1. The van der Waals surface area contributed by atoms with Crippen molar-refractivity contribution in [2.75, 3.05) is 24.6 Å². The van der Waals surface area contributed by atoms with Crippen LogP contribution in [0.5, 0.6) is 0 Å². The van der Waals surface area contributed by atoms with Crippen molar-refractivity contribution in [2.24, 2.45) is 4.99 Å². The lowest BCUT2D eigenvalue weighted by Gasteiger charge is -2.22. The molecule has 1 aliphatic rings. The molecule has 2 aromatic carbocycles. The maximum Gasteiger partial charge on any atom is 0.191 e.